The molecular weight excluding hydrogens is 590 g/mol. The van der Waals surface area contributed by atoms with E-state index in [1.54, 1.807) is 13.2 Å². The minimum absolute atomic E-state index is 0.00439. The van der Waals surface area contributed by atoms with Gasteiger partial charge in [-0.25, -0.2) is 15.0 Å². The van der Waals surface area contributed by atoms with Gasteiger partial charge in [0.05, 0.1) is 29.7 Å². The molecule has 0 radical (unpaired) electrons. The van der Waals surface area contributed by atoms with E-state index in [4.69, 9.17) is 20.4 Å². The molecule has 4 aromatic rings. The van der Waals surface area contributed by atoms with Crippen molar-refractivity contribution < 1.29 is 14.3 Å². The number of hydrogen-bond donors (Lipinski definition) is 1. The van der Waals surface area contributed by atoms with Crippen molar-refractivity contribution in [3.63, 3.8) is 0 Å². The summed E-state index contributed by atoms with van der Waals surface area (Å²) in [5, 5.41) is 1.05. The highest BCUT2D eigenvalue weighted by Crippen LogP contribution is 2.40. The van der Waals surface area contributed by atoms with E-state index in [9.17, 15) is 9.59 Å². The number of likely N-dealkylation sites (tertiary alicyclic amines) is 1. The van der Waals surface area contributed by atoms with Crippen molar-refractivity contribution in [2.45, 2.75) is 57.2 Å². The number of carbonyl (C=O) groups is 2. The van der Waals surface area contributed by atoms with Gasteiger partial charge in [0.2, 0.25) is 0 Å². The number of fused-ring (bicyclic) bond motifs is 5. The average Bonchev–Trinajstić information content (AvgIpc) is 3.47. The lowest BCUT2D eigenvalue weighted by molar-refractivity contribution is -0.113. The Hall–Kier alpha value is -4.83. The van der Waals surface area contributed by atoms with Gasteiger partial charge in [-0.1, -0.05) is 12.2 Å². The zero-order valence-electron chi connectivity index (χ0n) is 26.8. The van der Waals surface area contributed by atoms with Gasteiger partial charge in [-0.15, -0.1) is 0 Å². The van der Waals surface area contributed by atoms with Gasteiger partial charge in [0.15, 0.2) is 5.82 Å². The van der Waals surface area contributed by atoms with Gasteiger partial charge in [0, 0.05) is 60.7 Å². The number of dihydropyridines is 1. The number of benzene rings is 1. The van der Waals surface area contributed by atoms with E-state index in [-0.39, 0.29) is 29.8 Å². The van der Waals surface area contributed by atoms with Crippen LogP contribution in [0.1, 0.15) is 54.6 Å². The first-order chi connectivity index (χ1) is 22.8. The lowest BCUT2D eigenvalue weighted by Gasteiger charge is -2.27. The molecule has 10 nitrogen and oxygen atoms in total. The number of piperidine rings is 1. The third kappa shape index (κ3) is 4.45. The Labute approximate surface area is 272 Å². The van der Waals surface area contributed by atoms with Gasteiger partial charge in [-0.2, -0.15) is 0 Å². The number of hydrogen-bond acceptors (Lipinski definition) is 6. The van der Waals surface area contributed by atoms with Crippen LogP contribution in [0.4, 0.5) is 0 Å². The van der Waals surface area contributed by atoms with Gasteiger partial charge in [-0.05, 0) is 86.4 Å². The fourth-order valence-electron chi connectivity index (χ4n) is 8.16. The minimum Gasteiger partial charge on any atom is -0.494 e. The van der Waals surface area contributed by atoms with Crippen LogP contribution in [0.5, 0.6) is 5.75 Å². The molecule has 3 fully saturated rings. The molecule has 9 rings (SSSR count). The maximum atomic E-state index is 13.8. The second-order valence-corrected chi connectivity index (χ2v) is 13.8. The molecule has 5 heterocycles. The van der Waals surface area contributed by atoms with Crippen LogP contribution < -0.4 is 10.5 Å². The van der Waals surface area contributed by atoms with E-state index < -0.39 is 0 Å². The Morgan fingerprint density at radius 1 is 1.11 bits per heavy atom. The Bertz CT molecular complexity index is 2160. The van der Waals surface area contributed by atoms with Crippen molar-refractivity contribution in [2.24, 2.45) is 29.6 Å². The molecule has 5 aliphatic rings. The quantitative estimate of drug-likeness (QED) is 0.319. The Balaban J connectivity index is 1.13. The number of aliphatic imine (C=N–C) groups is 1. The van der Waals surface area contributed by atoms with Gasteiger partial charge in [-0.3, -0.25) is 9.59 Å². The van der Waals surface area contributed by atoms with E-state index in [1.165, 1.54) is 12.8 Å². The second kappa shape index (κ2) is 10.3. The topological polar surface area (TPSA) is 121 Å². The lowest BCUT2D eigenvalue weighted by atomic mass is 9.88. The van der Waals surface area contributed by atoms with E-state index in [0.29, 0.717) is 35.4 Å². The number of carbonyl (C=O) groups excluding carboxylic acids is 2. The third-order valence-corrected chi connectivity index (χ3v) is 10.9. The second-order valence-electron chi connectivity index (χ2n) is 13.8. The van der Waals surface area contributed by atoms with Crippen LogP contribution in [0.15, 0.2) is 70.8 Å². The molecule has 2 aliphatic heterocycles. The monoisotopic (exact) mass is 627 g/mol. The zero-order chi connectivity index (χ0) is 32.1. The summed E-state index contributed by atoms with van der Waals surface area (Å²) in [6, 6.07) is 10.3. The number of rotatable bonds is 6. The first-order valence-corrected chi connectivity index (χ1v) is 16.6. The van der Waals surface area contributed by atoms with E-state index in [0.717, 1.165) is 69.8 Å². The number of pyridine rings is 1. The molecule has 1 saturated heterocycles. The molecule has 3 aliphatic carbocycles. The molecule has 10 heteroatoms. The average molecular weight is 628 g/mol. The van der Waals surface area contributed by atoms with Crippen LogP contribution in [0.3, 0.4) is 0 Å². The number of aryl methyl sites for hydroxylation is 1. The molecule has 47 heavy (non-hydrogen) atoms. The summed E-state index contributed by atoms with van der Waals surface area (Å²) in [7, 11) is 3.65. The number of nitrogens with zero attached hydrogens (tertiary/aromatic N) is 6. The van der Waals surface area contributed by atoms with Crippen LogP contribution >= 0.6 is 0 Å². The number of amides is 2. The van der Waals surface area contributed by atoms with Gasteiger partial charge in [0.1, 0.15) is 16.9 Å². The summed E-state index contributed by atoms with van der Waals surface area (Å²) in [6.07, 6.45) is 12.2. The Kier molecular flexibility index (Phi) is 6.25. The number of aromatic nitrogens is 4. The van der Waals surface area contributed by atoms with Gasteiger partial charge in [0.25, 0.3) is 11.8 Å². The fourth-order valence-corrected chi connectivity index (χ4v) is 8.16. The third-order valence-electron chi connectivity index (χ3n) is 10.9. The fraction of sp³-hybridized carbons (Fsp3) is 0.378. The van der Waals surface area contributed by atoms with Gasteiger partial charge < -0.3 is 24.5 Å². The maximum Gasteiger partial charge on any atom is 0.270 e. The smallest absolute Gasteiger partial charge is 0.270 e. The largest absolute Gasteiger partial charge is 0.494 e. The summed E-state index contributed by atoms with van der Waals surface area (Å²) in [6.45, 7) is 3.53. The first-order valence-electron chi connectivity index (χ1n) is 16.6. The highest BCUT2D eigenvalue weighted by Gasteiger charge is 2.47. The van der Waals surface area contributed by atoms with Crippen LogP contribution in [0.2, 0.25) is 0 Å². The number of methoxy groups -OCH3 is 1. The lowest BCUT2D eigenvalue weighted by Crippen LogP contribution is -2.41. The van der Waals surface area contributed by atoms with Crippen LogP contribution in [-0.4, -0.2) is 67.3 Å². The molecule has 238 valence electrons. The molecule has 2 bridgehead atoms. The van der Waals surface area contributed by atoms with Crippen molar-refractivity contribution in [3.8, 4) is 17.3 Å². The summed E-state index contributed by atoms with van der Waals surface area (Å²) in [5.74, 6) is 2.17. The molecule has 3 aromatic heterocycles. The standard InChI is InChI=1S/C37H37N7O3/c1-19-12-32(45)39-27-10-6-21(13-25(19)27)26-9-7-22-15-30(43(35(22)40-26)17-20-4-5-20)36-41-28-14-24(16-31(47-3)34(28)42(36)2)37(46)44-18-23-8-11-29(44)33(23)38/h6-7,9-10,12-16,20-21,23,29,33H,4-5,8,11,17-18,38H2,1-3H3/t21?,23?,29?,33-/m1/s1. The van der Waals surface area contributed by atoms with Crippen molar-refractivity contribution in [3.05, 3.63) is 77.0 Å². The molecule has 0 spiro atoms. The van der Waals surface area contributed by atoms with Crippen molar-refractivity contribution in [1.29, 1.82) is 0 Å². The van der Waals surface area contributed by atoms with Crippen molar-refractivity contribution in [1.82, 2.24) is 24.0 Å². The predicted molar refractivity (Wildman–Crippen MR) is 180 cm³/mol. The summed E-state index contributed by atoms with van der Waals surface area (Å²) < 4.78 is 10.3. The maximum absolute atomic E-state index is 13.8. The number of allylic oxidation sites excluding steroid dienone is 5. The minimum atomic E-state index is -0.215. The Morgan fingerprint density at radius 2 is 1.96 bits per heavy atom. The summed E-state index contributed by atoms with van der Waals surface area (Å²) in [5.41, 5.74) is 14.1. The number of imidazole rings is 1. The van der Waals surface area contributed by atoms with Crippen molar-refractivity contribution >= 4 is 39.6 Å². The normalized spacial score (nSPS) is 25.0. The Morgan fingerprint density at radius 3 is 2.70 bits per heavy atom. The van der Waals surface area contributed by atoms with Gasteiger partial charge >= 0.3 is 0 Å². The predicted octanol–water partition coefficient (Wildman–Crippen LogP) is 5.08. The molecule has 2 N–H and O–H groups in total. The molecule has 2 saturated carbocycles. The SMILES string of the molecule is COc1cc(C(=O)N2CC3CCC2[C@@H]3N)cc2nc(-c3cc4ccc(C5C=CC6=NC(=O)C=C(C)C6=C5)nc4n3CC3CC3)n(C)c12. The first kappa shape index (κ1) is 28.4. The molecule has 2 amide bonds. The molecule has 4 atom stereocenters. The molecular formula is C37H37N7O3. The highest BCUT2D eigenvalue weighted by atomic mass is 16.5. The van der Waals surface area contributed by atoms with Crippen molar-refractivity contribution in [2.75, 3.05) is 13.7 Å². The van der Waals surface area contributed by atoms with Crippen LogP contribution in [0.25, 0.3) is 33.6 Å². The van der Waals surface area contributed by atoms with E-state index in [2.05, 4.69) is 44.5 Å². The number of nitrogens with two attached hydrogens (primary N) is 1. The molecule has 3 unspecified atom stereocenters. The zero-order valence-corrected chi connectivity index (χ0v) is 26.8. The van der Waals surface area contributed by atoms with E-state index >= 15 is 0 Å². The van der Waals surface area contributed by atoms with E-state index in [1.807, 2.05) is 37.1 Å². The number of ether oxygens (including phenoxy) is 1. The van der Waals surface area contributed by atoms with Crippen LogP contribution in [-0.2, 0) is 18.4 Å². The molecule has 1 aromatic carbocycles. The highest BCUT2D eigenvalue weighted by molar-refractivity contribution is 6.20. The summed E-state index contributed by atoms with van der Waals surface area (Å²) >= 11 is 0. The van der Waals surface area contributed by atoms with Crippen LogP contribution in [0, 0.1) is 11.8 Å². The summed E-state index contributed by atoms with van der Waals surface area (Å²) in [4.78, 5) is 42.3.